The molecular formula is C12H9BrN4O. The number of nitrogen functional groups attached to an aromatic ring is 1. The van der Waals surface area contributed by atoms with Crippen LogP contribution in [0, 0.1) is 0 Å². The quantitative estimate of drug-likeness (QED) is 0.535. The molecule has 0 aliphatic carbocycles. The lowest BCUT2D eigenvalue weighted by Gasteiger charge is -2.03. The molecule has 5 nitrogen and oxygen atoms in total. The Morgan fingerprint density at radius 3 is 2.78 bits per heavy atom. The molecule has 3 aromatic rings. The summed E-state index contributed by atoms with van der Waals surface area (Å²) in [7, 11) is 0. The van der Waals surface area contributed by atoms with Crippen molar-refractivity contribution in [2.24, 2.45) is 0 Å². The van der Waals surface area contributed by atoms with E-state index in [0.29, 0.717) is 11.5 Å². The summed E-state index contributed by atoms with van der Waals surface area (Å²) in [5, 5.41) is 17.6. The number of fused-ring (bicyclic) bond motifs is 1. The highest BCUT2D eigenvalue weighted by atomic mass is 79.9. The van der Waals surface area contributed by atoms with Gasteiger partial charge in [0.2, 0.25) is 0 Å². The van der Waals surface area contributed by atoms with Crippen molar-refractivity contribution in [1.82, 2.24) is 14.6 Å². The molecule has 1 aromatic carbocycles. The second-order valence-electron chi connectivity index (χ2n) is 3.87. The second-order valence-corrected chi connectivity index (χ2v) is 4.79. The van der Waals surface area contributed by atoms with Crippen LogP contribution in [0.5, 0.6) is 5.75 Å². The molecule has 0 amide bonds. The van der Waals surface area contributed by atoms with Crippen LogP contribution in [0.2, 0.25) is 0 Å². The highest BCUT2D eigenvalue weighted by Crippen LogP contribution is 2.27. The molecular weight excluding hydrogens is 296 g/mol. The van der Waals surface area contributed by atoms with E-state index in [4.69, 9.17) is 5.73 Å². The van der Waals surface area contributed by atoms with Gasteiger partial charge in [-0.25, -0.2) is 0 Å². The molecule has 90 valence electrons. The minimum Gasteiger partial charge on any atom is -0.506 e. The summed E-state index contributed by atoms with van der Waals surface area (Å²) >= 11 is 3.41. The van der Waals surface area contributed by atoms with E-state index in [9.17, 15) is 5.11 Å². The number of phenolic OH excluding ortho intramolecular Hbond substituents is 1. The number of aromatic hydroxyl groups is 1. The van der Waals surface area contributed by atoms with Crippen molar-refractivity contribution < 1.29 is 5.11 Å². The third-order valence-corrected chi connectivity index (χ3v) is 3.12. The molecule has 0 aliphatic heterocycles. The Labute approximate surface area is 111 Å². The van der Waals surface area contributed by atoms with Crippen LogP contribution in [0.3, 0.4) is 0 Å². The molecule has 0 bridgehead atoms. The maximum Gasteiger partial charge on any atom is 0.168 e. The summed E-state index contributed by atoms with van der Waals surface area (Å²) < 4.78 is 2.79. The molecule has 2 heterocycles. The van der Waals surface area contributed by atoms with E-state index in [1.165, 1.54) is 0 Å². The van der Waals surface area contributed by atoms with Gasteiger partial charge in [0, 0.05) is 16.2 Å². The van der Waals surface area contributed by atoms with Gasteiger partial charge in [-0.3, -0.25) is 4.40 Å². The number of nitrogens with zero attached hydrogens (tertiary/aromatic N) is 3. The molecule has 0 unspecified atom stereocenters. The predicted molar refractivity (Wildman–Crippen MR) is 72.2 cm³/mol. The molecule has 6 heteroatoms. The smallest absolute Gasteiger partial charge is 0.168 e. The van der Waals surface area contributed by atoms with Crippen molar-refractivity contribution in [3.05, 3.63) is 41.0 Å². The summed E-state index contributed by atoms with van der Waals surface area (Å²) in [5.41, 5.74) is 7.55. The Kier molecular flexibility index (Phi) is 2.45. The second kappa shape index (κ2) is 3.99. The van der Waals surface area contributed by atoms with Crippen LogP contribution in [-0.2, 0) is 0 Å². The topological polar surface area (TPSA) is 76.4 Å². The number of hydrogen-bond acceptors (Lipinski definition) is 4. The minimum absolute atomic E-state index is 0.0637. The van der Waals surface area contributed by atoms with Crippen molar-refractivity contribution >= 4 is 27.3 Å². The summed E-state index contributed by atoms with van der Waals surface area (Å²) in [6, 6.07) is 8.74. The fourth-order valence-corrected chi connectivity index (χ4v) is 2.09. The van der Waals surface area contributed by atoms with E-state index in [1.54, 1.807) is 18.2 Å². The van der Waals surface area contributed by atoms with Crippen molar-refractivity contribution in [2.45, 2.75) is 0 Å². The highest BCUT2D eigenvalue weighted by molar-refractivity contribution is 9.10. The molecule has 3 N–H and O–H groups in total. The van der Waals surface area contributed by atoms with Crippen LogP contribution in [0.25, 0.3) is 17.0 Å². The van der Waals surface area contributed by atoms with E-state index in [0.717, 1.165) is 15.7 Å². The van der Waals surface area contributed by atoms with Gasteiger partial charge < -0.3 is 10.8 Å². The Hall–Kier alpha value is -2.08. The number of aromatic nitrogens is 3. The summed E-state index contributed by atoms with van der Waals surface area (Å²) in [5.74, 6) is 0.742. The van der Waals surface area contributed by atoms with Crippen molar-refractivity contribution in [3.8, 4) is 17.1 Å². The summed E-state index contributed by atoms with van der Waals surface area (Å²) in [4.78, 5) is 0. The van der Waals surface area contributed by atoms with E-state index in [2.05, 4.69) is 26.1 Å². The third kappa shape index (κ3) is 1.70. The van der Waals surface area contributed by atoms with Crippen LogP contribution in [0.1, 0.15) is 0 Å². The molecule has 0 saturated carbocycles. The highest BCUT2D eigenvalue weighted by Gasteiger charge is 2.09. The van der Waals surface area contributed by atoms with E-state index in [-0.39, 0.29) is 5.75 Å². The molecule has 0 aliphatic rings. The maximum absolute atomic E-state index is 9.42. The maximum atomic E-state index is 9.42. The first-order valence-electron chi connectivity index (χ1n) is 5.24. The molecule has 0 spiro atoms. The van der Waals surface area contributed by atoms with Crippen LogP contribution >= 0.6 is 15.9 Å². The van der Waals surface area contributed by atoms with Gasteiger partial charge in [-0.2, -0.15) is 0 Å². The van der Waals surface area contributed by atoms with E-state index < -0.39 is 0 Å². The van der Waals surface area contributed by atoms with E-state index in [1.807, 2.05) is 22.7 Å². The van der Waals surface area contributed by atoms with Crippen LogP contribution < -0.4 is 5.73 Å². The zero-order chi connectivity index (χ0) is 12.7. The number of phenols is 1. The van der Waals surface area contributed by atoms with Gasteiger partial charge >= 0.3 is 0 Å². The average molecular weight is 305 g/mol. The lowest BCUT2D eigenvalue weighted by molar-refractivity contribution is 0.478. The number of hydrogen-bond donors (Lipinski definition) is 2. The zero-order valence-corrected chi connectivity index (χ0v) is 10.8. The minimum atomic E-state index is 0.0637. The lowest BCUT2D eigenvalue weighted by Crippen LogP contribution is -1.91. The van der Waals surface area contributed by atoms with Crippen LogP contribution in [-0.4, -0.2) is 19.7 Å². The van der Waals surface area contributed by atoms with Gasteiger partial charge in [0.1, 0.15) is 5.75 Å². The lowest BCUT2D eigenvalue weighted by atomic mass is 10.2. The van der Waals surface area contributed by atoms with Crippen molar-refractivity contribution in [3.63, 3.8) is 0 Å². The molecule has 3 rings (SSSR count). The van der Waals surface area contributed by atoms with Gasteiger partial charge in [-0.05, 0) is 46.3 Å². The number of halogens is 1. The first kappa shape index (κ1) is 11.0. The molecule has 0 fully saturated rings. The average Bonchev–Trinajstić information content (AvgIpc) is 2.75. The van der Waals surface area contributed by atoms with Crippen molar-refractivity contribution in [2.75, 3.05) is 5.73 Å². The number of nitrogens with two attached hydrogens (primary N) is 1. The largest absolute Gasteiger partial charge is 0.506 e. The number of benzene rings is 1. The number of pyridine rings is 1. The summed E-state index contributed by atoms with van der Waals surface area (Å²) in [6.45, 7) is 0. The zero-order valence-electron chi connectivity index (χ0n) is 9.21. The Morgan fingerprint density at radius 1 is 1.17 bits per heavy atom. The first-order valence-corrected chi connectivity index (χ1v) is 6.03. The van der Waals surface area contributed by atoms with Gasteiger partial charge in [0.25, 0.3) is 0 Å². The predicted octanol–water partition coefficient (Wildman–Crippen LogP) is 2.45. The van der Waals surface area contributed by atoms with Gasteiger partial charge in [0.15, 0.2) is 11.5 Å². The third-order valence-electron chi connectivity index (χ3n) is 2.65. The number of rotatable bonds is 1. The van der Waals surface area contributed by atoms with Gasteiger partial charge in [-0.15, -0.1) is 10.2 Å². The number of anilines is 1. The monoisotopic (exact) mass is 304 g/mol. The van der Waals surface area contributed by atoms with Crippen LogP contribution in [0.4, 0.5) is 5.69 Å². The Balaban J connectivity index is 2.24. The SMILES string of the molecule is Nc1cc(-c2nnc3ccc(Br)cn23)ccc1O. The van der Waals surface area contributed by atoms with Gasteiger partial charge in [0.05, 0.1) is 5.69 Å². The van der Waals surface area contributed by atoms with Crippen molar-refractivity contribution in [1.29, 1.82) is 0 Å². The van der Waals surface area contributed by atoms with Crippen LogP contribution in [0.15, 0.2) is 41.0 Å². The Bertz CT molecular complexity index is 738. The normalized spacial score (nSPS) is 10.9. The molecule has 18 heavy (non-hydrogen) atoms. The summed E-state index contributed by atoms with van der Waals surface area (Å²) in [6.07, 6.45) is 1.88. The molecule has 0 radical (unpaired) electrons. The first-order chi connectivity index (χ1) is 8.65. The fraction of sp³-hybridized carbons (Fsp3) is 0. The fourth-order valence-electron chi connectivity index (χ4n) is 1.76. The molecule has 0 atom stereocenters. The molecule has 2 aromatic heterocycles. The standard InChI is InChI=1S/C12H9BrN4O/c13-8-2-4-11-15-16-12(17(11)6-8)7-1-3-10(18)9(14)5-7/h1-6,18H,14H2. The van der Waals surface area contributed by atoms with E-state index >= 15 is 0 Å². The van der Waals surface area contributed by atoms with Gasteiger partial charge in [-0.1, -0.05) is 0 Å². The Morgan fingerprint density at radius 2 is 2.00 bits per heavy atom. The molecule has 0 saturated heterocycles.